The van der Waals surface area contributed by atoms with E-state index >= 15 is 0 Å². The normalized spacial score (nSPS) is 11.4. The second kappa shape index (κ2) is 10.7. The summed E-state index contributed by atoms with van der Waals surface area (Å²) in [5, 5.41) is 7.68. The van der Waals surface area contributed by atoms with Crippen LogP contribution >= 0.6 is 11.3 Å². The van der Waals surface area contributed by atoms with Crippen molar-refractivity contribution in [1.82, 2.24) is 15.6 Å². The summed E-state index contributed by atoms with van der Waals surface area (Å²) in [6.45, 7) is 4.25. The Balaban J connectivity index is 1.57. The molecule has 7 heteroatoms. The largest absolute Gasteiger partial charge is 0.494 e. The summed E-state index contributed by atoms with van der Waals surface area (Å²) in [7, 11) is 1.75. The summed E-state index contributed by atoms with van der Waals surface area (Å²) >= 11 is 1.76. The zero-order valence-corrected chi connectivity index (χ0v) is 15.5. The zero-order valence-electron chi connectivity index (χ0n) is 14.7. The Kier molecular flexibility index (Phi) is 8.18. The van der Waals surface area contributed by atoms with Gasteiger partial charge in [-0.2, -0.15) is 0 Å². The number of aryl methyl sites for hydroxylation is 1. The maximum absolute atomic E-state index is 12.8. The molecule has 0 fully saturated rings. The van der Waals surface area contributed by atoms with E-state index in [1.54, 1.807) is 30.5 Å². The molecule has 1 aromatic carbocycles. The van der Waals surface area contributed by atoms with Crippen LogP contribution in [0.5, 0.6) is 5.75 Å². The van der Waals surface area contributed by atoms with Crippen LogP contribution in [0, 0.1) is 5.82 Å². The van der Waals surface area contributed by atoms with Gasteiger partial charge in [-0.05, 0) is 37.1 Å². The lowest BCUT2D eigenvalue weighted by atomic mass is 10.3. The van der Waals surface area contributed by atoms with Crippen molar-refractivity contribution in [3.63, 3.8) is 0 Å². The number of nitrogens with zero attached hydrogens (tertiary/aromatic N) is 2. The summed E-state index contributed by atoms with van der Waals surface area (Å²) in [4.78, 5) is 9.93. The van der Waals surface area contributed by atoms with Crippen LogP contribution in [0.15, 0.2) is 35.5 Å². The highest BCUT2D eigenvalue weighted by Gasteiger charge is 2.02. The molecular weight excluding hydrogens is 339 g/mol. The molecule has 25 heavy (non-hydrogen) atoms. The maximum Gasteiger partial charge on any atom is 0.190 e. The molecule has 1 aromatic heterocycles. The van der Waals surface area contributed by atoms with Crippen molar-refractivity contribution >= 4 is 17.3 Å². The van der Waals surface area contributed by atoms with Gasteiger partial charge < -0.3 is 15.4 Å². The highest BCUT2D eigenvalue weighted by Crippen LogP contribution is 2.13. The summed E-state index contributed by atoms with van der Waals surface area (Å²) in [6, 6.07) is 6.05. The predicted molar refractivity (Wildman–Crippen MR) is 101 cm³/mol. The molecular formula is C18H25FN4OS. The van der Waals surface area contributed by atoms with E-state index < -0.39 is 0 Å². The second-order valence-corrected chi connectivity index (χ2v) is 6.61. The molecule has 0 unspecified atom stereocenters. The molecule has 0 amide bonds. The summed E-state index contributed by atoms with van der Waals surface area (Å²) < 4.78 is 18.4. The molecule has 2 rings (SSSR count). The van der Waals surface area contributed by atoms with Crippen molar-refractivity contribution in [2.45, 2.75) is 26.2 Å². The average molecular weight is 364 g/mol. The highest BCUT2D eigenvalue weighted by molar-refractivity contribution is 7.11. The first-order chi connectivity index (χ1) is 12.2. The lowest BCUT2D eigenvalue weighted by molar-refractivity contribution is 0.310. The van der Waals surface area contributed by atoms with Gasteiger partial charge in [-0.1, -0.05) is 6.92 Å². The van der Waals surface area contributed by atoms with Crippen molar-refractivity contribution in [3.8, 4) is 5.75 Å². The van der Waals surface area contributed by atoms with E-state index in [-0.39, 0.29) is 5.82 Å². The van der Waals surface area contributed by atoms with E-state index in [0.29, 0.717) is 12.4 Å². The molecule has 0 aliphatic rings. The van der Waals surface area contributed by atoms with E-state index in [9.17, 15) is 4.39 Å². The maximum atomic E-state index is 12.8. The molecule has 0 spiro atoms. The molecule has 0 radical (unpaired) electrons. The zero-order chi connectivity index (χ0) is 17.9. The Morgan fingerprint density at radius 3 is 2.68 bits per heavy atom. The minimum Gasteiger partial charge on any atom is -0.494 e. The molecule has 136 valence electrons. The Morgan fingerprint density at radius 1 is 1.24 bits per heavy atom. The lowest BCUT2D eigenvalue weighted by Gasteiger charge is -2.11. The molecule has 5 nitrogen and oxygen atoms in total. The molecule has 2 aromatic rings. The Bertz CT molecular complexity index is 657. The van der Waals surface area contributed by atoms with Crippen LogP contribution < -0.4 is 15.4 Å². The molecule has 0 saturated carbocycles. The number of thiazole rings is 1. The van der Waals surface area contributed by atoms with E-state index in [1.807, 2.05) is 6.20 Å². The minimum atomic E-state index is -0.257. The van der Waals surface area contributed by atoms with Gasteiger partial charge in [-0.3, -0.25) is 4.99 Å². The fraction of sp³-hybridized carbons (Fsp3) is 0.444. The Labute approximate surface area is 152 Å². The van der Waals surface area contributed by atoms with Gasteiger partial charge in [0.2, 0.25) is 0 Å². The monoisotopic (exact) mass is 364 g/mol. The fourth-order valence-corrected chi connectivity index (χ4v) is 3.00. The Hall–Kier alpha value is -2.15. The number of ether oxygens (including phenoxy) is 1. The third-order valence-electron chi connectivity index (χ3n) is 3.50. The van der Waals surface area contributed by atoms with Gasteiger partial charge in [0.15, 0.2) is 5.96 Å². The summed E-state index contributed by atoms with van der Waals surface area (Å²) in [5.74, 6) is 1.19. The summed E-state index contributed by atoms with van der Waals surface area (Å²) in [6.07, 6.45) is 4.70. The summed E-state index contributed by atoms with van der Waals surface area (Å²) in [5.41, 5.74) is 0. The van der Waals surface area contributed by atoms with Crippen LogP contribution in [-0.2, 0) is 12.8 Å². The van der Waals surface area contributed by atoms with Gasteiger partial charge in [0.25, 0.3) is 0 Å². The SMILES string of the molecule is CCc1cnc(CCNC(=NC)NCCCOc2ccc(F)cc2)s1. The van der Waals surface area contributed by atoms with Gasteiger partial charge in [0, 0.05) is 37.6 Å². The van der Waals surface area contributed by atoms with E-state index in [1.165, 1.54) is 17.0 Å². The fourth-order valence-electron chi connectivity index (χ4n) is 2.14. The van der Waals surface area contributed by atoms with Crippen LogP contribution in [0.3, 0.4) is 0 Å². The average Bonchev–Trinajstić information content (AvgIpc) is 3.09. The van der Waals surface area contributed by atoms with Crippen molar-refractivity contribution in [1.29, 1.82) is 0 Å². The molecule has 0 saturated heterocycles. The number of guanidine groups is 1. The number of aliphatic imine (C=N–C) groups is 1. The topological polar surface area (TPSA) is 58.5 Å². The molecule has 1 heterocycles. The molecule has 0 bridgehead atoms. The molecule has 2 N–H and O–H groups in total. The van der Waals surface area contributed by atoms with Gasteiger partial charge in [0.1, 0.15) is 11.6 Å². The van der Waals surface area contributed by atoms with Crippen LogP contribution in [0.2, 0.25) is 0 Å². The quantitative estimate of drug-likeness (QED) is 0.408. The molecule has 0 aliphatic heterocycles. The first kappa shape index (κ1) is 19.2. The van der Waals surface area contributed by atoms with Crippen LogP contribution in [-0.4, -0.2) is 37.7 Å². The molecule has 0 aliphatic carbocycles. The number of rotatable bonds is 9. The van der Waals surface area contributed by atoms with Gasteiger partial charge in [-0.25, -0.2) is 9.37 Å². The van der Waals surface area contributed by atoms with E-state index in [4.69, 9.17) is 4.74 Å². The smallest absolute Gasteiger partial charge is 0.190 e. The van der Waals surface area contributed by atoms with Gasteiger partial charge >= 0.3 is 0 Å². The first-order valence-electron chi connectivity index (χ1n) is 8.47. The number of halogens is 1. The van der Waals surface area contributed by atoms with Crippen LogP contribution in [0.25, 0.3) is 0 Å². The van der Waals surface area contributed by atoms with Crippen molar-refractivity contribution in [2.24, 2.45) is 4.99 Å². The number of benzene rings is 1. The van der Waals surface area contributed by atoms with Crippen molar-refractivity contribution < 1.29 is 9.13 Å². The number of aromatic nitrogens is 1. The van der Waals surface area contributed by atoms with E-state index in [0.717, 1.165) is 43.3 Å². The molecule has 0 atom stereocenters. The lowest BCUT2D eigenvalue weighted by Crippen LogP contribution is -2.39. The van der Waals surface area contributed by atoms with Gasteiger partial charge in [0.05, 0.1) is 11.6 Å². The Morgan fingerprint density at radius 2 is 2.00 bits per heavy atom. The minimum absolute atomic E-state index is 0.257. The van der Waals surface area contributed by atoms with Crippen LogP contribution in [0.4, 0.5) is 4.39 Å². The third kappa shape index (κ3) is 7.09. The number of hydrogen-bond donors (Lipinski definition) is 2. The van der Waals surface area contributed by atoms with Crippen molar-refractivity contribution in [2.75, 3.05) is 26.7 Å². The van der Waals surface area contributed by atoms with Gasteiger partial charge in [-0.15, -0.1) is 11.3 Å². The standard InChI is InChI=1S/C18H25FN4OS/c1-3-16-13-23-17(25-16)9-11-22-18(20-2)21-10-4-12-24-15-7-5-14(19)6-8-15/h5-8,13H,3-4,9-12H2,1-2H3,(H2,20,21,22). The van der Waals surface area contributed by atoms with E-state index in [2.05, 4.69) is 27.5 Å². The first-order valence-corrected chi connectivity index (χ1v) is 9.29. The van der Waals surface area contributed by atoms with Crippen molar-refractivity contribution in [3.05, 3.63) is 46.2 Å². The second-order valence-electron chi connectivity index (χ2n) is 5.41. The van der Waals surface area contributed by atoms with Crippen LogP contribution in [0.1, 0.15) is 23.2 Å². The third-order valence-corrected chi connectivity index (χ3v) is 4.70. The number of nitrogens with one attached hydrogen (secondary N) is 2. The number of hydrogen-bond acceptors (Lipinski definition) is 4. The predicted octanol–water partition coefficient (Wildman–Crippen LogP) is 3.02. The highest BCUT2D eigenvalue weighted by atomic mass is 32.1.